The minimum Gasteiger partial charge on any atom is -0.346 e. The highest BCUT2D eigenvalue weighted by molar-refractivity contribution is 5.90. The molecule has 0 saturated heterocycles. The van der Waals surface area contributed by atoms with Crippen molar-refractivity contribution in [2.24, 2.45) is 5.73 Å². The third-order valence-corrected chi connectivity index (χ3v) is 2.18. The fourth-order valence-corrected chi connectivity index (χ4v) is 1.18. The van der Waals surface area contributed by atoms with Crippen LogP contribution in [-0.4, -0.2) is 28.6 Å². The Labute approximate surface area is 87.2 Å². The van der Waals surface area contributed by atoms with Crippen LogP contribution in [0.1, 0.15) is 35.8 Å². The van der Waals surface area contributed by atoms with Gasteiger partial charge in [0.2, 0.25) is 5.89 Å². The van der Waals surface area contributed by atoms with E-state index in [4.69, 9.17) is 10.3 Å². The number of carbonyl (C=O) groups is 1. The lowest BCUT2D eigenvalue weighted by Crippen LogP contribution is -2.26. The Morgan fingerprint density at radius 1 is 1.60 bits per heavy atom. The molecule has 0 aliphatic heterocycles. The van der Waals surface area contributed by atoms with Crippen LogP contribution in [0.5, 0.6) is 0 Å². The van der Waals surface area contributed by atoms with Crippen molar-refractivity contribution in [3.63, 3.8) is 0 Å². The average molecular weight is 210 g/mol. The molecule has 6 nitrogen and oxygen atoms in total. The largest absolute Gasteiger partial charge is 0.346 e. The van der Waals surface area contributed by atoms with Crippen LogP contribution in [0.3, 0.4) is 0 Å². The summed E-state index contributed by atoms with van der Waals surface area (Å²) in [5, 5.41) is 6.40. The molecule has 0 spiro atoms. The third-order valence-electron chi connectivity index (χ3n) is 2.18. The molecule has 1 saturated carbocycles. The minimum absolute atomic E-state index is 0.119. The molecule has 1 aromatic rings. The van der Waals surface area contributed by atoms with E-state index in [1.54, 1.807) is 0 Å². The molecule has 0 radical (unpaired) electrons. The minimum atomic E-state index is -0.250. The number of aromatic nitrogens is 2. The molecule has 0 unspecified atom stereocenters. The van der Waals surface area contributed by atoms with Crippen LogP contribution in [-0.2, 0) is 6.42 Å². The first-order chi connectivity index (χ1) is 7.29. The second-order valence-corrected chi connectivity index (χ2v) is 3.65. The maximum absolute atomic E-state index is 11.5. The molecule has 0 aromatic carbocycles. The van der Waals surface area contributed by atoms with Crippen molar-refractivity contribution >= 4 is 5.91 Å². The van der Waals surface area contributed by atoms with Crippen molar-refractivity contribution in [1.29, 1.82) is 0 Å². The molecule has 82 valence electrons. The number of rotatable bonds is 5. The van der Waals surface area contributed by atoms with Crippen molar-refractivity contribution in [1.82, 2.24) is 15.5 Å². The van der Waals surface area contributed by atoms with Crippen molar-refractivity contribution < 1.29 is 9.32 Å². The summed E-state index contributed by atoms with van der Waals surface area (Å²) in [6, 6.07) is 0.309. The maximum atomic E-state index is 11.5. The number of nitrogens with one attached hydrogen (secondary N) is 1. The van der Waals surface area contributed by atoms with Gasteiger partial charge in [0, 0.05) is 12.5 Å². The number of nitrogens with zero attached hydrogens (tertiary/aromatic N) is 2. The van der Waals surface area contributed by atoms with Gasteiger partial charge in [-0.25, -0.2) is 0 Å². The van der Waals surface area contributed by atoms with Crippen LogP contribution in [0.2, 0.25) is 0 Å². The smallest absolute Gasteiger partial charge is 0.292 e. The van der Waals surface area contributed by atoms with Crippen LogP contribution in [0.15, 0.2) is 4.52 Å². The first kappa shape index (κ1) is 10.1. The van der Waals surface area contributed by atoms with Crippen LogP contribution >= 0.6 is 0 Å². The summed E-state index contributed by atoms with van der Waals surface area (Å²) in [5.74, 6) is 0.343. The molecule has 3 N–H and O–H groups in total. The van der Waals surface area contributed by atoms with Gasteiger partial charge in [0.15, 0.2) is 0 Å². The number of hydrogen-bond donors (Lipinski definition) is 2. The van der Waals surface area contributed by atoms with E-state index in [0.29, 0.717) is 24.9 Å². The fraction of sp³-hybridized carbons (Fsp3) is 0.667. The average Bonchev–Trinajstić information content (AvgIpc) is 2.92. The monoisotopic (exact) mass is 210 g/mol. The predicted octanol–water partition coefficient (Wildman–Crippen LogP) is -0.147. The first-order valence-corrected chi connectivity index (χ1v) is 5.13. The van der Waals surface area contributed by atoms with E-state index in [9.17, 15) is 4.79 Å². The van der Waals surface area contributed by atoms with Crippen molar-refractivity contribution in [2.45, 2.75) is 31.7 Å². The van der Waals surface area contributed by atoms with Gasteiger partial charge < -0.3 is 15.6 Å². The highest BCUT2D eigenvalue weighted by Gasteiger charge is 2.25. The number of hydrogen-bond acceptors (Lipinski definition) is 5. The molecule has 0 atom stereocenters. The zero-order chi connectivity index (χ0) is 10.7. The zero-order valence-corrected chi connectivity index (χ0v) is 8.40. The van der Waals surface area contributed by atoms with Crippen LogP contribution < -0.4 is 11.1 Å². The molecular weight excluding hydrogens is 196 g/mol. The molecule has 1 fully saturated rings. The second-order valence-electron chi connectivity index (χ2n) is 3.65. The summed E-state index contributed by atoms with van der Waals surface area (Å²) in [6.45, 7) is 0.575. The lowest BCUT2D eigenvalue weighted by molar-refractivity contribution is 0.0937. The Balaban J connectivity index is 1.89. The number of carbonyl (C=O) groups excluding carboxylic acids is 1. The van der Waals surface area contributed by atoms with Gasteiger partial charge in [-0.3, -0.25) is 4.79 Å². The maximum Gasteiger partial charge on any atom is 0.292 e. The highest BCUT2D eigenvalue weighted by Crippen LogP contribution is 2.18. The van der Waals surface area contributed by atoms with E-state index in [2.05, 4.69) is 15.5 Å². The molecule has 1 aromatic heterocycles. The summed E-state index contributed by atoms with van der Waals surface area (Å²) in [7, 11) is 0. The van der Waals surface area contributed by atoms with Crippen molar-refractivity contribution in [3.8, 4) is 0 Å². The van der Waals surface area contributed by atoms with E-state index in [1.807, 2.05) is 0 Å². The number of aryl methyl sites for hydroxylation is 1. The molecule has 6 heteroatoms. The van der Waals surface area contributed by atoms with Crippen molar-refractivity contribution in [3.05, 3.63) is 11.7 Å². The summed E-state index contributed by atoms with van der Waals surface area (Å²) < 4.78 is 4.91. The topological polar surface area (TPSA) is 94.0 Å². The number of nitrogens with two attached hydrogens (primary N) is 1. The van der Waals surface area contributed by atoms with Gasteiger partial charge in [-0.15, -0.1) is 0 Å². The quantitative estimate of drug-likeness (QED) is 0.705. The van der Waals surface area contributed by atoms with Gasteiger partial charge in [-0.05, 0) is 25.8 Å². The van der Waals surface area contributed by atoms with E-state index >= 15 is 0 Å². The van der Waals surface area contributed by atoms with Crippen molar-refractivity contribution in [2.75, 3.05) is 6.54 Å². The van der Waals surface area contributed by atoms with Crippen LogP contribution in [0, 0.1) is 0 Å². The first-order valence-electron chi connectivity index (χ1n) is 5.13. The molecule has 1 aliphatic rings. The van der Waals surface area contributed by atoms with E-state index in [0.717, 1.165) is 19.3 Å². The molecule has 15 heavy (non-hydrogen) atoms. The summed E-state index contributed by atoms with van der Waals surface area (Å²) >= 11 is 0. The standard InChI is InChI=1S/C9H14N4O2/c10-5-1-2-7-12-8(13-15-7)9(14)11-6-3-4-6/h6H,1-5,10H2,(H,11,14). The SMILES string of the molecule is NCCCc1nc(C(=O)NC2CC2)no1. The Kier molecular flexibility index (Phi) is 2.96. The lowest BCUT2D eigenvalue weighted by atomic mass is 10.3. The van der Waals surface area contributed by atoms with E-state index in [-0.39, 0.29) is 11.7 Å². The molecule has 1 amide bonds. The van der Waals surface area contributed by atoms with E-state index < -0.39 is 0 Å². The molecule has 1 heterocycles. The Morgan fingerprint density at radius 2 is 2.40 bits per heavy atom. The fourth-order valence-electron chi connectivity index (χ4n) is 1.18. The van der Waals surface area contributed by atoms with Gasteiger partial charge in [0.05, 0.1) is 0 Å². The second kappa shape index (κ2) is 4.39. The third kappa shape index (κ3) is 2.76. The summed E-state index contributed by atoms with van der Waals surface area (Å²) in [6.07, 6.45) is 3.50. The molecular formula is C9H14N4O2. The highest BCUT2D eigenvalue weighted by atomic mass is 16.5. The Bertz CT molecular complexity index is 346. The normalized spacial score (nSPS) is 15.3. The van der Waals surface area contributed by atoms with Crippen LogP contribution in [0.4, 0.5) is 0 Å². The van der Waals surface area contributed by atoms with Gasteiger partial charge in [-0.2, -0.15) is 4.98 Å². The lowest BCUT2D eigenvalue weighted by Gasteiger charge is -1.95. The molecule has 1 aliphatic carbocycles. The van der Waals surface area contributed by atoms with E-state index in [1.165, 1.54) is 0 Å². The van der Waals surface area contributed by atoms with Crippen LogP contribution in [0.25, 0.3) is 0 Å². The summed E-state index contributed by atoms with van der Waals surface area (Å²) in [5.41, 5.74) is 5.35. The zero-order valence-electron chi connectivity index (χ0n) is 8.40. The van der Waals surface area contributed by atoms with Gasteiger partial charge in [0.1, 0.15) is 0 Å². The predicted molar refractivity (Wildman–Crippen MR) is 52.2 cm³/mol. The Hall–Kier alpha value is -1.43. The number of amides is 1. The van der Waals surface area contributed by atoms with Gasteiger partial charge >= 0.3 is 0 Å². The Morgan fingerprint density at radius 3 is 3.07 bits per heavy atom. The molecule has 0 bridgehead atoms. The van der Waals surface area contributed by atoms with Gasteiger partial charge in [-0.1, -0.05) is 5.16 Å². The van der Waals surface area contributed by atoms with Gasteiger partial charge in [0.25, 0.3) is 11.7 Å². The summed E-state index contributed by atoms with van der Waals surface area (Å²) in [4.78, 5) is 15.4. The molecule has 2 rings (SSSR count).